The number of esters is 1. The van der Waals surface area contributed by atoms with Crippen molar-refractivity contribution in [3.05, 3.63) is 0 Å². The van der Waals surface area contributed by atoms with E-state index in [-0.39, 0.29) is 18.5 Å². The molecule has 1 amide bonds. The molecule has 0 aromatic carbocycles. The van der Waals surface area contributed by atoms with E-state index in [2.05, 4.69) is 19.2 Å². The molecular weight excluding hydrogens is 887 g/mol. The van der Waals surface area contributed by atoms with Crippen LogP contribution in [0.3, 0.4) is 0 Å². The predicted molar refractivity (Wildman–Crippen MR) is 315 cm³/mol. The van der Waals surface area contributed by atoms with Crippen molar-refractivity contribution in [1.29, 1.82) is 0 Å². The highest BCUT2D eigenvalue weighted by Crippen LogP contribution is 2.19. The first kappa shape index (κ1) is 70.9. The molecule has 0 spiro atoms. The summed E-state index contributed by atoms with van der Waals surface area (Å²) >= 11 is 0. The van der Waals surface area contributed by atoms with Crippen LogP contribution in [0, 0.1) is 0 Å². The van der Waals surface area contributed by atoms with Crippen LogP contribution < -0.4 is 5.32 Å². The summed E-state index contributed by atoms with van der Waals surface area (Å²) in [5, 5.41) is 23.4. The zero-order chi connectivity index (χ0) is 52.2. The van der Waals surface area contributed by atoms with Crippen LogP contribution in [0.25, 0.3) is 0 Å². The Labute approximate surface area is 451 Å². The summed E-state index contributed by atoms with van der Waals surface area (Å²) in [4.78, 5) is 24.6. The van der Waals surface area contributed by atoms with Crippen molar-refractivity contribution in [3.63, 3.8) is 0 Å². The summed E-state index contributed by atoms with van der Waals surface area (Å²) < 4.78 is 5.48. The fourth-order valence-corrected chi connectivity index (χ4v) is 10.8. The lowest BCUT2D eigenvalue weighted by Crippen LogP contribution is -2.45. The Hall–Kier alpha value is -1.14. The molecule has 430 valence electrons. The van der Waals surface area contributed by atoms with Gasteiger partial charge in [-0.1, -0.05) is 348 Å². The van der Waals surface area contributed by atoms with Gasteiger partial charge < -0.3 is 20.3 Å². The van der Waals surface area contributed by atoms with Gasteiger partial charge in [-0.3, -0.25) is 9.59 Å². The van der Waals surface area contributed by atoms with E-state index in [9.17, 15) is 19.8 Å². The molecule has 0 aliphatic rings. The maximum Gasteiger partial charge on any atom is 0.305 e. The molecule has 72 heavy (non-hydrogen) atoms. The lowest BCUT2D eigenvalue weighted by molar-refractivity contribution is -0.143. The topological polar surface area (TPSA) is 95.9 Å². The highest BCUT2D eigenvalue weighted by molar-refractivity contribution is 5.76. The van der Waals surface area contributed by atoms with Gasteiger partial charge in [0.2, 0.25) is 5.91 Å². The molecule has 3 N–H and O–H groups in total. The number of carbonyl (C=O) groups excluding carboxylic acids is 2. The van der Waals surface area contributed by atoms with Gasteiger partial charge in [-0.2, -0.15) is 0 Å². The Morgan fingerprint density at radius 1 is 0.333 bits per heavy atom. The molecule has 0 aliphatic heterocycles. The molecule has 0 heterocycles. The summed E-state index contributed by atoms with van der Waals surface area (Å²) in [5.74, 6) is -0.0132. The second kappa shape index (κ2) is 62.4. The quantitative estimate of drug-likeness (QED) is 0.0417. The Morgan fingerprint density at radius 2 is 0.569 bits per heavy atom. The first-order valence-corrected chi connectivity index (χ1v) is 33.3. The van der Waals surface area contributed by atoms with Gasteiger partial charge in [-0.15, -0.1) is 0 Å². The third kappa shape index (κ3) is 58.1. The van der Waals surface area contributed by atoms with Gasteiger partial charge >= 0.3 is 5.97 Å². The minimum atomic E-state index is -0.663. The third-order valence-electron chi connectivity index (χ3n) is 15.9. The minimum absolute atomic E-state index is 0.0164. The predicted octanol–water partition coefficient (Wildman–Crippen LogP) is 21.0. The maximum absolute atomic E-state index is 12.5. The van der Waals surface area contributed by atoms with Gasteiger partial charge in [0.1, 0.15) is 0 Å². The summed E-state index contributed by atoms with van der Waals surface area (Å²) in [5.41, 5.74) is 0. The molecule has 0 fully saturated rings. The number of rotatable bonds is 63. The van der Waals surface area contributed by atoms with Crippen molar-refractivity contribution >= 4 is 11.9 Å². The van der Waals surface area contributed by atoms with E-state index in [1.54, 1.807) is 0 Å². The van der Waals surface area contributed by atoms with Gasteiger partial charge in [0.15, 0.2) is 0 Å². The fourth-order valence-electron chi connectivity index (χ4n) is 10.8. The van der Waals surface area contributed by atoms with Crippen molar-refractivity contribution < 1.29 is 24.5 Å². The molecule has 0 aromatic rings. The summed E-state index contributed by atoms with van der Waals surface area (Å²) in [6.45, 7) is 4.99. The normalized spacial score (nSPS) is 12.4. The van der Waals surface area contributed by atoms with Crippen LogP contribution in [0.15, 0.2) is 0 Å². The van der Waals surface area contributed by atoms with E-state index in [1.165, 1.54) is 315 Å². The number of aliphatic hydroxyl groups excluding tert-OH is 2. The maximum atomic E-state index is 12.5. The van der Waals surface area contributed by atoms with Gasteiger partial charge in [0.25, 0.3) is 0 Å². The van der Waals surface area contributed by atoms with Crippen LogP contribution in [-0.2, 0) is 14.3 Å². The molecule has 6 nitrogen and oxygen atoms in total. The van der Waals surface area contributed by atoms with Crippen LogP contribution in [0.2, 0.25) is 0 Å². The lowest BCUT2D eigenvalue weighted by Gasteiger charge is -2.22. The zero-order valence-corrected chi connectivity index (χ0v) is 49.2. The molecule has 0 aromatic heterocycles. The second-order valence-corrected chi connectivity index (χ2v) is 23.2. The molecule has 2 unspecified atom stereocenters. The molecule has 0 saturated heterocycles. The van der Waals surface area contributed by atoms with Crippen LogP contribution in [0.5, 0.6) is 0 Å². The number of nitrogens with one attached hydrogen (secondary N) is 1. The van der Waals surface area contributed by atoms with E-state index in [1.807, 2.05) is 0 Å². The van der Waals surface area contributed by atoms with Gasteiger partial charge in [0.05, 0.1) is 25.4 Å². The van der Waals surface area contributed by atoms with Crippen molar-refractivity contribution in [2.75, 3.05) is 13.2 Å². The van der Waals surface area contributed by atoms with E-state index in [0.717, 1.165) is 38.5 Å². The zero-order valence-electron chi connectivity index (χ0n) is 49.2. The monoisotopic (exact) mass is 1020 g/mol. The number of unbranched alkanes of at least 4 members (excludes halogenated alkanes) is 52. The highest BCUT2D eigenvalue weighted by atomic mass is 16.5. The Morgan fingerprint density at radius 3 is 0.847 bits per heavy atom. The summed E-state index contributed by atoms with van der Waals surface area (Å²) in [7, 11) is 0. The standard InChI is InChI=1S/C66H131NO5/c1-3-5-7-9-11-13-15-17-18-19-20-26-29-32-35-38-42-46-50-54-58-64(69)63(62-68)67-65(70)59-55-51-47-43-39-36-33-30-27-24-22-21-23-25-28-31-34-37-41-45-49-53-57-61-72-66(71)60-56-52-48-44-40-16-14-12-10-8-6-4-2/h63-64,68-69H,3-62H2,1-2H3,(H,67,70). The van der Waals surface area contributed by atoms with Gasteiger partial charge in [0, 0.05) is 12.8 Å². The molecule has 0 saturated carbocycles. The van der Waals surface area contributed by atoms with Crippen molar-refractivity contribution in [3.8, 4) is 0 Å². The number of amides is 1. The average Bonchev–Trinajstić information content (AvgIpc) is 3.38. The van der Waals surface area contributed by atoms with E-state index >= 15 is 0 Å². The average molecular weight is 1020 g/mol. The fraction of sp³-hybridized carbons (Fsp3) is 0.970. The largest absolute Gasteiger partial charge is 0.466 e. The number of aliphatic hydroxyl groups is 2. The highest BCUT2D eigenvalue weighted by Gasteiger charge is 2.20. The molecule has 0 bridgehead atoms. The summed E-state index contributed by atoms with van der Waals surface area (Å²) in [6.07, 6.45) is 74.1. The first-order chi connectivity index (χ1) is 35.5. The Bertz CT molecular complexity index is 1040. The number of hydrogen-bond donors (Lipinski definition) is 3. The Balaban J connectivity index is 3.37. The van der Waals surface area contributed by atoms with Crippen molar-refractivity contribution in [2.24, 2.45) is 0 Å². The van der Waals surface area contributed by atoms with Crippen LogP contribution in [0.1, 0.15) is 386 Å². The summed E-state index contributed by atoms with van der Waals surface area (Å²) in [6, 6.07) is -0.540. The molecule has 0 aliphatic carbocycles. The first-order valence-electron chi connectivity index (χ1n) is 33.3. The van der Waals surface area contributed by atoms with E-state index in [4.69, 9.17) is 4.74 Å². The molecule has 0 rings (SSSR count). The minimum Gasteiger partial charge on any atom is -0.466 e. The smallest absolute Gasteiger partial charge is 0.305 e. The van der Waals surface area contributed by atoms with Gasteiger partial charge in [-0.05, 0) is 25.7 Å². The second-order valence-electron chi connectivity index (χ2n) is 23.2. The number of hydrogen-bond acceptors (Lipinski definition) is 5. The van der Waals surface area contributed by atoms with Crippen LogP contribution in [0.4, 0.5) is 0 Å². The molecular formula is C66H131NO5. The van der Waals surface area contributed by atoms with Crippen molar-refractivity contribution in [2.45, 2.75) is 398 Å². The molecule has 2 atom stereocenters. The molecule has 6 heteroatoms. The number of carbonyl (C=O) groups is 2. The third-order valence-corrected chi connectivity index (χ3v) is 15.9. The van der Waals surface area contributed by atoms with Crippen LogP contribution >= 0.6 is 0 Å². The van der Waals surface area contributed by atoms with Crippen molar-refractivity contribution in [1.82, 2.24) is 5.32 Å². The lowest BCUT2D eigenvalue weighted by atomic mass is 10.0. The SMILES string of the molecule is CCCCCCCCCCCCCCCCCCCCCCC(O)C(CO)NC(=O)CCCCCCCCCCCCCCCCCCCCCCCCCOC(=O)CCCCCCCCCCCCCC. The Kier molecular flexibility index (Phi) is 61.4. The van der Waals surface area contributed by atoms with Gasteiger partial charge in [-0.25, -0.2) is 0 Å². The molecule has 0 radical (unpaired) electrons. The van der Waals surface area contributed by atoms with E-state index in [0.29, 0.717) is 25.9 Å². The number of ether oxygens (including phenoxy) is 1. The van der Waals surface area contributed by atoms with E-state index < -0.39 is 12.1 Å². The van der Waals surface area contributed by atoms with Crippen LogP contribution in [-0.4, -0.2) is 47.4 Å².